The second-order valence-corrected chi connectivity index (χ2v) is 7.29. The number of carbonyl (C=O) groups excluding carboxylic acids is 1. The maximum absolute atomic E-state index is 12.7. The van der Waals surface area contributed by atoms with Crippen molar-refractivity contribution >= 4 is 34.8 Å². The molecule has 0 fully saturated rings. The molecule has 28 heavy (non-hydrogen) atoms. The molecule has 0 saturated heterocycles. The van der Waals surface area contributed by atoms with Gasteiger partial charge in [0.25, 0.3) is 0 Å². The van der Waals surface area contributed by atoms with Crippen LogP contribution in [0.2, 0.25) is 10.0 Å². The monoisotopic (exact) mass is 422 g/mol. The van der Waals surface area contributed by atoms with E-state index in [0.29, 0.717) is 22.9 Å². The zero-order valence-corrected chi connectivity index (χ0v) is 18.6. The van der Waals surface area contributed by atoms with E-state index >= 15 is 0 Å². The van der Waals surface area contributed by atoms with E-state index in [9.17, 15) is 4.79 Å². The lowest BCUT2D eigenvalue weighted by atomic mass is 10.0. The summed E-state index contributed by atoms with van der Waals surface area (Å²) in [5.41, 5.74) is 2.04. The fraction of sp³-hybridized carbons (Fsp3) is 0.364. The predicted octanol–water partition coefficient (Wildman–Crippen LogP) is 6.74. The highest BCUT2D eigenvalue weighted by Gasteiger charge is 2.13. The Morgan fingerprint density at radius 3 is 2.39 bits per heavy atom. The van der Waals surface area contributed by atoms with Crippen molar-refractivity contribution < 1.29 is 9.53 Å². The molecule has 0 aliphatic heterocycles. The number of anilines is 1. The topological polar surface area (TPSA) is 51.2 Å². The summed E-state index contributed by atoms with van der Waals surface area (Å²) in [6.07, 6.45) is 14.0. The third kappa shape index (κ3) is 7.53. The summed E-state index contributed by atoms with van der Waals surface area (Å²) in [6.45, 7) is 8.19. The van der Waals surface area contributed by atoms with Crippen molar-refractivity contribution in [3.63, 3.8) is 0 Å². The van der Waals surface area contributed by atoms with Gasteiger partial charge in [0.1, 0.15) is 5.76 Å². The molecule has 1 heterocycles. The van der Waals surface area contributed by atoms with Crippen molar-refractivity contribution in [2.24, 2.45) is 5.92 Å². The summed E-state index contributed by atoms with van der Waals surface area (Å²) in [5, 5.41) is 3.28. The lowest BCUT2D eigenvalue weighted by Gasteiger charge is -2.14. The summed E-state index contributed by atoms with van der Waals surface area (Å²) in [4.78, 5) is 16.6. The molecule has 1 N–H and O–H groups in total. The molecule has 0 unspecified atom stereocenters. The number of aromatic nitrogens is 1. The second kappa shape index (κ2) is 12.4. The molecule has 0 bridgehead atoms. The van der Waals surface area contributed by atoms with Gasteiger partial charge in [0.2, 0.25) is 5.91 Å². The largest absolute Gasteiger partial charge is 0.496 e. The SMILES string of the molecule is C\C=C/C(CCC)=C(OC)\C(\C=C\C(C)C)=C\C(=O)Nc1c(Cl)cncc1Cl. The first-order chi connectivity index (χ1) is 13.3. The molecule has 4 nitrogen and oxygen atoms in total. The first-order valence-electron chi connectivity index (χ1n) is 9.24. The number of carbonyl (C=O) groups is 1. The molecule has 1 aromatic rings. The van der Waals surface area contributed by atoms with Crippen molar-refractivity contribution in [3.8, 4) is 0 Å². The minimum atomic E-state index is -0.357. The number of nitrogens with zero attached hydrogens (tertiary/aromatic N) is 1. The third-order valence-corrected chi connectivity index (χ3v) is 4.27. The van der Waals surface area contributed by atoms with E-state index < -0.39 is 0 Å². The second-order valence-electron chi connectivity index (χ2n) is 6.48. The van der Waals surface area contributed by atoms with Gasteiger partial charge in [-0.1, -0.05) is 74.7 Å². The van der Waals surface area contributed by atoms with Gasteiger partial charge < -0.3 is 10.1 Å². The first-order valence-corrected chi connectivity index (χ1v) is 9.99. The van der Waals surface area contributed by atoms with Crippen molar-refractivity contribution in [2.45, 2.75) is 40.5 Å². The Labute approximate surface area is 178 Å². The highest BCUT2D eigenvalue weighted by Crippen LogP contribution is 2.29. The molecule has 1 rings (SSSR count). The number of rotatable bonds is 9. The van der Waals surface area contributed by atoms with Crippen molar-refractivity contribution in [1.82, 2.24) is 4.98 Å². The lowest BCUT2D eigenvalue weighted by Crippen LogP contribution is -2.11. The van der Waals surface area contributed by atoms with E-state index in [1.54, 1.807) is 7.11 Å². The number of amides is 1. The minimum Gasteiger partial charge on any atom is -0.496 e. The van der Waals surface area contributed by atoms with E-state index in [1.807, 2.05) is 31.2 Å². The fourth-order valence-electron chi connectivity index (χ4n) is 2.49. The Bertz CT molecular complexity index is 773. The van der Waals surface area contributed by atoms with Crippen LogP contribution in [-0.2, 0) is 9.53 Å². The van der Waals surface area contributed by atoms with Gasteiger partial charge in [0.15, 0.2) is 0 Å². The molecular formula is C22H28Cl2N2O2. The predicted molar refractivity (Wildman–Crippen MR) is 119 cm³/mol. The van der Waals surface area contributed by atoms with Crippen LogP contribution < -0.4 is 5.32 Å². The summed E-state index contributed by atoms with van der Waals surface area (Å²) >= 11 is 12.2. The molecule has 0 saturated carbocycles. The number of allylic oxidation sites excluding steroid dienone is 5. The van der Waals surface area contributed by atoms with Crippen LogP contribution in [0.5, 0.6) is 0 Å². The van der Waals surface area contributed by atoms with Crippen molar-refractivity contribution in [3.05, 3.63) is 69.7 Å². The molecule has 0 aliphatic carbocycles. The Morgan fingerprint density at radius 2 is 1.89 bits per heavy atom. The Hall–Kier alpha value is -2.04. The molecule has 6 heteroatoms. The van der Waals surface area contributed by atoms with Crippen LogP contribution in [0.3, 0.4) is 0 Å². The number of pyridine rings is 1. The average molecular weight is 423 g/mol. The summed E-state index contributed by atoms with van der Waals surface area (Å²) in [7, 11) is 1.61. The number of hydrogen-bond donors (Lipinski definition) is 1. The number of ether oxygens (including phenoxy) is 1. The van der Waals surface area contributed by atoms with E-state index in [0.717, 1.165) is 18.4 Å². The van der Waals surface area contributed by atoms with Gasteiger partial charge >= 0.3 is 0 Å². The van der Waals surface area contributed by atoms with E-state index in [4.69, 9.17) is 27.9 Å². The van der Waals surface area contributed by atoms with E-state index in [-0.39, 0.29) is 16.0 Å². The molecule has 1 aromatic heterocycles. The lowest BCUT2D eigenvalue weighted by molar-refractivity contribution is -0.111. The third-order valence-electron chi connectivity index (χ3n) is 3.69. The molecule has 0 aliphatic rings. The van der Waals surface area contributed by atoms with Crippen molar-refractivity contribution in [1.29, 1.82) is 0 Å². The van der Waals surface area contributed by atoms with Gasteiger partial charge in [-0.15, -0.1) is 0 Å². The van der Waals surface area contributed by atoms with Crippen LogP contribution in [0.25, 0.3) is 0 Å². The van der Waals surface area contributed by atoms with Crippen LogP contribution in [0.1, 0.15) is 40.5 Å². The maximum Gasteiger partial charge on any atom is 0.249 e. The molecule has 0 spiro atoms. The quantitative estimate of drug-likeness (QED) is 0.272. The van der Waals surface area contributed by atoms with Crippen LogP contribution in [0.4, 0.5) is 5.69 Å². The van der Waals surface area contributed by atoms with E-state index in [2.05, 4.69) is 31.1 Å². The highest BCUT2D eigenvalue weighted by atomic mass is 35.5. The number of nitrogens with one attached hydrogen (secondary N) is 1. The van der Waals surface area contributed by atoms with Gasteiger partial charge in [0.05, 0.1) is 22.8 Å². The van der Waals surface area contributed by atoms with Gasteiger partial charge in [0, 0.05) is 24.0 Å². The zero-order valence-electron chi connectivity index (χ0n) is 17.1. The standard InChI is InChI=1S/C22H28Cl2N2O2/c1-6-8-16(9-7-2)22(28-5)17(11-10-15(3)4)12-20(27)26-21-18(23)13-25-14-19(21)24/h6,8,10-15H,7,9H2,1-5H3,(H,25,26,27)/b8-6-,11-10+,17-12+,22-16-. The van der Waals surface area contributed by atoms with Gasteiger partial charge in [-0.25, -0.2) is 0 Å². The van der Waals surface area contributed by atoms with Gasteiger partial charge in [-0.2, -0.15) is 0 Å². The average Bonchev–Trinajstić information content (AvgIpc) is 2.63. The fourth-order valence-corrected chi connectivity index (χ4v) is 2.95. The number of halogens is 2. The summed E-state index contributed by atoms with van der Waals surface area (Å²) in [6, 6.07) is 0. The normalized spacial score (nSPS) is 13.4. The molecule has 0 radical (unpaired) electrons. The summed E-state index contributed by atoms with van der Waals surface area (Å²) in [5.74, 6) is 0.633. The minimum absolute atomic E-state index is 0.275. The summed E-state index contributed by atoms with van der Waals surface area (Å²) < 4.78 is 5.68. The molecule has 152 valence electrons. The smallest absolute Gasteiger partial charge is 0.249 e. The molecule has 0 aromatic carbocycles. The number of hydrogen-bond acceptors (Lipinski definition) is 3. The van der Waals surface area contributed by atoms with E-state index in [1.165, 1.54) is 18.5 Å². The van der Waals surface area contributed by atoms with Crippen molar-refractivity contribution in [2.75, 3.05) is 12.4 Å². The maximum atomic E-state index is 12.7. The Kier molecular flexibility index (Phi) is 10.6. The number of methoxy groups -OCH3 is 1. The van der Waals surface area contributed by atoms with Gasteiger partial charge in [-0.3, -0.25) is 9.78 Å². The zero-order chi connectivity index (χ0) is 21.1. The van der Waals surface area contributed by atoms with Crippen LogP contribution in [0.15, 0.2) is 59.7 Å². The van der Waals surface area contributed by atoms with Crippen LogP contribution >= 0.6 is 23.2 Å². The van der Waals surface area contributed by atoms with Crippen LogP contribution in [0, 0.1) is 5.92 Å². The molecular weight excluding hydrogens is 395 g/mol. The van der Waals surface area contributed by atoms with Crippen LogP contribution in [-0.4, -0.2) is 18.0 Å². The molecule has 1 amide bonds. The molecule has 0 atom stereocenters. The first kappa shape index (κ1) is 24.0. The Balaban J connectivity index is 3.38. The highest BCUT2D eigenvalue weighted by molar-refractivity contribution is 6.39. The van der Waals surface area contributed by atoms with Gasteiger partial charge in [-0.05, 0) is 24.8 Å². The Morgan fingerprint density at radius 1 is 1.25 bits per heavy atom.